The van der Waals surface area contributed by atoms with Crippen molar-refractivity contribution in [2.45, 2.75) is 32.5 Å². The van der Waals surface area contributed by atoms with Gasteiger partial charge in [0.05, 0.1) is 6.10 Å². The van der Waals surface area contributed by atoms with Gasteiger partial charge in [0.1, 0.15) is 0 Å². The Kier molecular flexibility index (Phi) is 5.25. The lowest BCUT2D eigenvalue weighted by atomic mass is 10.2. The van der Waals surface area contributed by atoms with Crippen LogP contribution < -0.4 is 10.6 Å². The van der Waals surface area contributed by atoms with E-state index in [2.05, 4.69) is 15.6 Å². The molecule has 1 rings (SSSR count). The lowest BCUT2D eigenvalue weighted by Gasteiger charge is -2.17. The number of aromatic nitrogens is 1. The van der Waals surface area contributed by atoms with E-state index in [4.69, 9.17) is 5.11 Å². The number of aliphatic hydroxyl groups is 1. The first kappa shape index (κ1) is 14.9. The molecule has 4 N–H and O–H groups in total. The van der Waals surface area contributed by atoms with E-state index in [0.29, 0.717) is 0 Å². The van der Waals surface area contributed by atoms with E-state index in [-0.39, 0.29) is 6.54 Å². The predicted octanol–water partition coefficient (Wildman–Crippen LogP) is 0.0232. The largest absolute Gasteiger partial charge is 0.480 e. The van der Waals surface area contributed by atoms with Crippen molar-refractivity contribution in [2.24, 2.45) is 0 Å². The molecule has 7 heteroatoms. The Bertz CT molecular complexity index is 445. The van der Waals surface area contributed by atoms with Gasteiger partial charge in [-0.2, -0.15) is 0 Å². The number of urea groups is 1. The number of hydrogen-bond donors (Lipinski definition) is 4. The minimum atomic E-state index is -1.34. The first-order chi connectivity index (χ1) is 8.90. The van der Waals surface area contributed by atoms with Crippen LogP contribution in [0.1, 0.15) is 18.2 Å². The summed E-state index contributed by atoms with van der Waals surface area (Å²) in [4.78, 5) is 26.3. The Hall–Kier alpha value is -2.15. The lowest BCUT2D eigenvalue weighted by molar-refractivity contribution is -0.141. The van der Waals surface area contributed by atoms with Gasteiger partial charge in [0, 0.05) is 18.4 Å². The maximum Gasteiger partial charge on any atom is 0.328 e. The standard InChI is InChI=1S/C12H17N3O4/c1-7-3-4-9(5-13-7)6-14-12(19)15-10(8(2)16)11(17)18/h3-5,8,10,16H,6H2,1-2H3,(H,17,18)(H2,14,15,19)/t8-,10+/m1/s1. The fourth-order valence-corrected chi connectivity index (χ4v) is 1.37. The summed E-state index contributed by atoms with van der Waals surface area (Å²) in [7, 11) is 0. The van der Waals surface area contributed by atoms with Crippen LogP contribution in [0.3, 0.4) is 0 Å². The Morgan fingerprint density at radius 3 is 2.58 bits per heavy atom. The molecule has 2 amide bonds. The molecule has 104 valence electrons. The molecule has 0 bridgehead atoms. The second kappa shape index (κ2) is 6.69. The predicted molar refractivity (Wildman–Crippen MR) is 67.5 cm³/mol. The highest BCUT2D eigenvalue weighted by Gasteiger charge is 2.24. The van der Waals surface area contributed by atoms with E-state index in [0.717, 1.165) is 11.3 Å². The van der Waals surface area contributed by atoms with Crippen LogP contribution in [0.15, 0.2) is 18.3 Å². The third kappa shape index (κ3) is 4.92. The summed E-state index contributed by atoms with van der Waals surface area (Å²) in [5.41, 5.74) is 1.66. The van der Waals surface area contributed by atoms with E-state index in [9.17, 15) is 14.7 Å². The first-order valence-corrected chi connectivity index (χ1v) is 5.77. The van der Waals surface area contributed by atoms with Gasteiger partial charge in [0.25, 0.3) is 0 Å². The zero-order valence-electron chi connectivity index (χ0n) is 10.8. The third-order valence-corrected chi connectivity index (χ3v) is 2.46. The SMILES string of the molecule is Cc1ccc(CNC(=O)N[C@H](C(=O)O)[C@@H](C)O)cn1. The highest BCUT2D eigenvalue weighted by Crippen LogP contribution is 1.99. The van der Waals surface area contributed by atoms with Gasteiger partial charge in [-0.3, -0.25) is 4.98 Å². The fraction of sp³-hybridized carbons (Fsp3) is 0.417. The second-order valence-corrected chi connectivity index (χ2v) is 4.19. The van der Waals surface area contributed by atoms with Gasteiger partial charge in [-0.1, -0.05) is 6.07 Å². The summed E-state index contributed by atoms with van der Waals surface area (Å²) in [5.74, 6) is -1.29. The number of amides is 2. The van der Waals surface area contributed by atoms with Crippen LogP contribution in [0.5, 0.6) is 0 Å². The molecule has 2 atom stereocenters. The first-order valence-electron chi connectivity index (χ1n) is 5.77. The molecule has 0 saturated heterocycles. The number of nitrogens with zero attached hydrogens (tertiary/aromatic N) is 1. The average molecular weight is 267 g/mol. The monoisotopic (exact) mass is 267 g/mol. The number of pyridine rings is 1. The van der Waals surface area contributed by atoms with Crippen LogP contribution in [0, 0.1) is 6.92 Å². The normalized spacial score (nSPS) is 13.4. The van der Waals surface area contributed by atoms with Crippen LogP contribution in [-0.2, 0) is 11.3 Å². The summed E-state index contributed by atoms with van der Waals surface area (Å²) in [6.07, 6.45) is 0.447. The zero-order chi connectivity index (χ0) is 14.4. The third-order valence-electron chi connectivity index (χ3n) is 2.46. The molecule has 0 aromatic carbocycles. The Labute approximate surface area is 110 Å². The van der Waals surface area contributed by atoms with E-state index in [1.807, 2.05) is 19.1 Å². The van der Waals surface area contributed by atoms with Crippen molar-refractivity contribution < 1.29 is 19.8 Å². The zero-order valence-corrected chi connectivity index (χ0v) is 10.8. The van der Waals surface area contributed by atoms with Crippen molar-refractivity contribution in [1.82, 2.24) is 15.6 Å². The topological polar surface area (TPSA) is 112 Å². The molecule has 0 radical (unpaired) electrons. The number of carboxylic acids is 1. The number of rotatable bonds is 5. The number of carbonyl (C=O) groups is 2. The molecule has 0 spiro atoms. The number of nitrogens with one attached hydrogen (secondary N) is 2. The number of aliphatic hydroxyl groups excluding tert-OH is 1. The van der Waals surface area contributed by atoms with Crippen LogP contribution in [-0.4, -0.2) is 39.3 Å². The molecule has 0 fully saturated rings. The molecule has 7 nitrogen and oxygen atoms in total. The Morgan fingerprint density at radius 2 is 2.11 bits per heavy atom. The minimum absolute atomic E-state index is 0.227. The molecule has 0 aliphatic carbocycles. The number of aliphatic carboxylic acids is 1. The summed E-state index contributed by atoms with van der Waals surface area (Å²) < 4.78 is 0. The van der Waals surface area contributed by atoms with Crippen molar-refractivity contribution in [1.29, 1.82) is 0 Å². The fourth-order valence-electron chi connectivity index (χ4n) is 1.37. The maximum atomic E-state index is 11.5. The Morgan fingerprint density at radius 1 is 1.42 bits per heavy atom. The van der Waals surface area contributed by atoms with Crippen LogP contribution in [0.2, 0.25) is 0 Å². The lowest BCUT2D eigenvalue weighted by Crippen LogP contribution is -2.50. The maximum absolute atomic E-state index is 11.5. The molecule has 0 aliphatic rings. The van der Waals surface area contributed by atoms with Crippen molar-refractivity contribution in [3.8, 4) is 0 Å². The van der Waals surface area contributed by atoms with Crippen molar-refractivity contribution in [2.75, 3.05) is 0 Å². The summed E-state index contributed by atoms with van der Waals surface area (Å²) in [5, 5.41) is 22.7. The highest BCUT2D eigenvalue weighted by atomic mass is 16.4. The molecule has 0 saturated carbocycles. The summed E-state index contributed by atoms with van der Waals surface area (Å²) >= 11 is 0. The quantitative estimate of drug-likeness (QED) is 0.601. The number of hydrogen-bond acceptors (Lipinski definition) is 4. The molecule has 0 aliphatic heterocycles. The van der Waals surface area contributed by atoms with Gasteiger partial charge < -0.3 is 20.8 Å². The van der Waals surface area contributed by atoms with Crippen molar-refractivity contribution in [3.05, 3.63) is 29.6 Å². The van der Waals surface area contributed by atoms with E-state index in [1.165, 1.54) is 6.92 Å². The second-order valence-electron chi connectivity index (χ2n) is 4.19. The van der Waals surface area contributed by atoms with Gasteiger partial charge >= 0.3 is 12.0 Å². The smallest absolute Gasteiger partial charge is 0.328 e. The number of carbonyl (C=O) groups excluding carboxylic acids is 1. The van der Waals surface area contributed by atoms with Crippen LogP contribution in [0.4, 0.5) is 4.79 Å². The highest BCUT2D eigenvalue weighted by molar-refractivity contribution is 5.82. The summed E-state index contributed by atoms with van der Waals surface area (Å²) in [6.45, 7) is 3.37. The average Bonchev–Trinajstić information content (AvgIpc) is 2.34. The Balaban J connectivity index is 2.47. The molecule has 1 heterocycles. The molecule has 1 aromatic heterocycles. The van der Waals surface area contributed by atoms with E-state index in [1.54, 1.807) is 6.20 Å². The minimum Gasteiger partial charge on any atom is -0.480 e. The van der Waals surface area contributed by atoms with Gasteiger partial charge in [-0.05, 0) is 25.5 Å². The molecular formula is C12H17N3O4. The van der Waals surface area contributed by atoms with Crippen molar-refractivity contribution >= 4 is 12.0 Å². The van der Waals surface area contributed by atoms with Crippen LogP contribution in [0.25, 0.3) is 0 Å². The van der Waals surface area contributed by atoms with Gasteiger partial charge in [0.2, 0.25) is 0 Å². The van der Waals surface area contributed by atoms with E-state index < -0.39 is 24.1 Å². The van der Waals surface area contributed by atoms with Crippen molar-refractivity contribution in [3.63, 3.8) is 0 Å². The van der Waals surface area contributed by atoms with Gasteiger partial charge in [-0.25, -0.2) is 9.59 Å². The number of aryl methyl sites for hydroxylation is 1. The van der Waals surface area contributed by atoms with Gasteiger partial charge in [-0.15, -0.1) is 0 Å². The molecule has 19 heavy (non-hydrogen) atoms. The van der Waals surface area contributed by atoms with E-state index >= 15 is 0 Å². The molecule has 0 unspecified atom stereocenters. The molecule has 1 aromatic rings. The van der Waals surface area contributed by atoms with Gasteiger partial charge in [0.15, 0.2) is 6.04 Å². The molecular weight excluding hydrogens is 250 g/mol. The summed E-state index contributed by atoms with van der Waals surface area (Å²) in [6, 6.07) is 1.63. The van der Waals surface area contributed by atoms with Crippen LogP contribution >= 0.6 is 0 Å². The number of carboxylic acid groups (broad SMARTS) is 1.